The molecule has 0 bridgehead atoms. The zero-order valence-electron chi connectivity index (χ0n) is 12.1. The second kappa shape index (κ2) is 7.62. The van der Waals surface area contributed by atoms with Gasteiger partial charge >= 0.3 is 0 Å². The van der Waals surface area contributed by atoms with Crippen LogP contribution in [0.3, 0.4) is 0 Å². The summed E-state index contributed by atoms with van der Waals surface area (Å²) in [5.41, 5.74) is 0. The van der Waals surface area contributed by atoms with Crippen LogP contribution in [0.15, 0.2) is 0 Å². The van der Waals surface area contributed by atoms with E-state index in [1.165, 1.54) is 0 Å². The average molecular weight is 282 g/mol. The maximum atomic E-state index is 11.8. The van der Waals surface area contributed by atoms with E-state index in [-0.39, 0.29) is 30.4 Å². The minimum Gasteiger partial charge on any atom is -0.396 e. The molecule has 0 atom stereocenters. The minimum atomic E-state index is 0.0816. The lowest BCUT2D eigenvalue weighted by Gasteiger charge is -2.27. The third-order valence-corrected chi connectivity index (χ3v) is 4.30. The molecule has 3 N–H and O–H groups in total. The number of aliphatic hydroxyl groups is 1. The quantitative estimate of drug-likeness (QED) is 0.609. The molecule has 2 aliphatic rings. The molecule has 0 aromatic heterocycles. The number of nitrogens with one attached hydrogen (secondary N) is 2. The molecule has 20 heavy (non-hydrogen) atoms. The third-order valence-electron chi connectivity index (χ3n) is 4.30. The van der Waals surface area contributed by atoms with Gasteiger partial charge < -0.3 is 15.7 Å². The van der Waals surface area contributed by atoms with Gasteiger partial charge in [0.25, 0.3) is 0 Å². The molecular weight excluding hydrogens is 256 g/mol. The smallest absolute Gasteiger partial charge is 0.223 e. The van der Waals surface area contributed by atoms with E-state index < -0.39 is 0 Å². The highest BCUT2D eigenvalue weighted by Gasteiger charge is 2.29. The summed E-state index contributed by atoms with van der Waals surface area (Å²) in [5, 5.41) is 15.0. The lowest BCUT2D eigenvalue weighted by Crippen LogP contribution is -2.38. The van der Waals surface area contributed by atoms with E-state index in [2.05, 4.69) is 10.6 Å². The molecule has 114 valence electrons. The Morgan fingerprint density at radius 3 is 2.35 bits per heavy atom. The van der Waals surface area contributed by atoms with Crippen molar-refractivity contribution in [1.82, 2.24) is 10.6 Å². The lowest BCUT2D eigenvalue weighted by molar-refractivity contribution is -0.124. The van der Waals surface area contributed by atoms with Crippen LogP contribution < -0.4 is 10.6 Å². The van der Waals surface area contributed by atoms with Gasteiger partial charge in [0.2, 0.25) is 11.8 Å². The summed E-state index contributed by atoms with van der Waals surface area (Å²) in [6.45, 7) is 0.862. The summed E-state index contributed by atoms with van der Waals surface area (Å²) in [6, 6.07) is 0.270. The summed E-state index contributed by atoms with van der Waals surface area (Å²) in [4.78, 5) is 23.2. The SMILES string of the molecule is O=C(CCCNC(=O)C1CC1)NC1CCC(CO)CC1. The molecule has 0 aromatic rings. The van der Waals surface area contributed by atoms with E-state index >= 15 is 0 Å². The van der Waals surface area contributed by atoms with Crippen molar-refractivity contribution in [2.75, 3.05) is 13.2 Å². The van der Waals surface area contributed by atoms with Crippen molar-refractivity contribution in [3.63, 3.8) is 0 Å². The Bertz CT molecular complexity index is 334. The van der Waals surface area contributed by atoms with Crippen LogP contribution in [0.1, 0.15) is 51.4 Å². The number of aliphatic hydroxyl groups excluding tert-OH is 1. The van der Waals surface area contributed by atoms with Crippen molar-refractivity contribution in [1.29, 1.82) is 0 Å². The predicted octanol–water partition coefficient (Wildman–Crippen LogP) is 0.960. The monoisotopic (exact) mass is 282 g/mol. The van der Waals surface area contributed by atoms with Gasteiger partial charge in [0.05, 0.1) is 0 Å². The van der Waals surface area contributed by atoms with E-state index in [0.29, 0.717) is 25.3 Å². The highest BCUT2D eigenvalue weighted by molar-refractivity contribution is 5.81. The van der Waals surface area contributed by atoms with Crippen LogP contribution in [-0.4, -0.2) is 36.1 Å². The first-order valence-corrected chi connectivity index (χ1v) is 7.87. The number of hydrogen-bond acceptors (Lipinski definition) is 3. The molecule has 0 heterocycles. The number of rotatable bonds is 7. The van der Waals surface area contributed by atoms with Gasteiger partial charge in [-0.15, -0.1) is 0 Å². The van der Waals surface area contributed by atoms with Crippen LogP contribution in [0.4, 0.5) is 0 Å². The van der Waals surface area contributed by atoms with Crippen LogP contribution in [-0.2, 0) is 9.59 Å². The highest BCUT2D eigenvalue weighted by Crippen LogP contribution is 2.28. The van der Waals surface area contributed by atoms with Crippen LogP contribution in [0.25, 0.3) is 0 Å². The maximum absolute atomic E-state index is 11.8. The topological polar surface area (TPSA) is 78.4 Å². The van der Waals surface area contributed by atoms with Gasteiger partial charge in [0.15, 0.2) is 0 Å². The third kappa shape index (κ3) is 5.12. The van der Waals surface area contributed by atoms with E-state index in [4.69, 9.17) is 5.11 Å². The second-order valence-electron chi connectivity index (χ2n) is 6.14. The van der Waals surface area contributed by atoms with Gasteiger partial charge in [-0.25, -0.2) is 0 Å². The Labute approximate surface area is 120 Å². The Balaban J connectivity index is 1.50. The molecule has 2 saturated carbocycles. The van der Waals surface area contributed by atoms with Gasteiger partial charge in [-0.2, -0.15) is 0 Å². The molecule has 0 aromatic carbocycles. The van der Waals surface area contributed by atoms with Crippen LogP contribution in [0.5, 0.6) is 0 Å². The molecule has 5 heteroatoms. The van der Waals surface area contributed by atoms with Gasteiger partial charge in [-0.1, -0.05) is 0 Å². The van der Waals surface area contributed by atoms with Gasteiger partial charge in [-0.3, -0.25) is 9.59 Å². The summed E-state index contributed by atoms with van der Waals surface area (Å²) < 4.78 is 0. The summed E-state index contributed by atoms with van der Waals surface area (Å²) in [7, 11) is 0. The highest BCUT2D eigenvalue weighted by atomic mass is 16.3. The molecule has 0 radical (unpaired) electrons. The molecule has 2 rings (SSSR count). The largest absolute Gasteiger partial charge is 0.396 e. The molecule has 0 spiro atoms. The molecule has 2 aliphatic carbocycles. The van der Waals surface area contributed by atoms with Gasteiger partial charge in [-0.05, 0) is 50.9 Å². The van der Waals surface area contributed by atoms with E-state index in [0.717, 1.165) is 38.5 Å². The fourth-order valence-electron chi connectivity index (χ4n) is 2.74. The predicted molar refractivity (Wildman–Crippen MR) is 75.9 cm³/mol. The zero-order valence-corrected chi connectivity index (χ0v) is 12.1. The first kappa shape index (κ1) is 15.3. The molecule has 0 aliphatic heterocycles. The van der Waals surface area contributed by atoms with E-state index in [1.54, 1.807) is 0 Å². The zero-order chi connectivity index (χ0) is 14.4. The van der Waals surface area contributed by atoms with Crippen molar-refractivity contribution < 1.29 is 14.7 Å². The minimum absolute atomic E-state index is 0.0816. The summed E-state index contributed by atoms with van der Waals surface area (Å²) >= 11 is 0. The first-order chi connectivity index (χ1) is 9.69. The molecule has 2 fully saturated rings. The van der Waals surface area contributed by atoms with Crippen molar-refractivity contribution in [2.24, 2.45) is 11.8 Å². The van der Waals surface area contributed by atoms with Crippen molar-refractivity contribution >= 4 is 11.8 Å². The fourth-order valence-corrected chi connectivity index (χ4v) is 2.74. The summed E-state index contributed by atoms with van der Waals surface area (Å²) in [5.74, 6) is 0.886. The molecule has 0 unspecified atom stereocenters. The Kier molecular flexibility index (Phi) is 5.83. The maximum Gasteiger partial charge on any atom is 0.223 e. The number of amides is 2. The van der Waals surface area contributed by atoms with Crippen molar-refractivity contribution in [3.8, 4) is 0 Å². The Morgan fingerprint density at radius 2 is 1.75 bits per heavy atom. The number of hydrogen-bond donors (Lipinski definition) is 3. The van der Waals surface area contributed by atoms with Gasteiger partial charge in [0, 0.05) is 31.5 Å². The van der Waals surface area contributed by atoms with Crippen LogP contribution >= 0.6 is 0 Å². The average Bonchev–Trinajstić information content (AvgIpc) is 3.29. The van der Waals surface area contributed by atoms with Crippen LogP contribution in [0.2, 0.25) is 0 Å². The Hall–Kier alpha value is -1.10. The van der Waals surface area contributed by atoms with Crippen molar-refractivity contribution in [3.05, 3.63) is 0 Å². The first-order valence-electron chi connectivity index (χ1n) is 7.87. The standard InChI is InChI=1S/C15H26N2O3/c18-10-11-3-7-13(8-4-11)17-14(19)2-1-9-16-15(20)12-5-6-12/h11-13,18H,1-10H2,(H,16,20)(H,17,19). The normalized spacial score (nSPS) is 26.1. The fraction of sp³-hybridized carbons (Fsp3) is 0.867. The number of carbonyl (C=O) groups excluding carboxylic acids is 2. The molecule has 2 amide bonds. The lowest BCUT2D eigenvalue weighted by atomic mass is 9.86. The molecule has 5 nitrogen and oxygen atoms in total. The second-order valence-corrected chi connectivity index (χ2v) is 6.14. The molecular formula is C15H26N2O3. The van der Waals surface area contributed by atoms with Crippen molar-refractivity contribution in [2.45, 2.75) is 57.4 Å². The summed E-state index contributed by atoms with van der Waals surface area (Å²) in [6.07, 6.45) is 7.15. The molecule has 0 saturated heterocycles. The van der Waals surface area contributed by atoms with Crippen LogP contribution in [0, 0.1) is 11.8 Å². The van der Waals surface area contributed by atoms with E-state index in [9.17, 15) is 9.59 Å². The number of carbonyl (C=O) groups is 2. The Morgan fingerprint density at radius 1 is 1.05 bits per heavy atom. The van der Waals surface area contributed by atoms with E-state index in [1.807, 2.05) is 0 Å². The van der Waals surface area contributed by atoms with Gasteiger partial charge in [0.1, 0.15) is 0 Å².